The second kappa shape index (κ2) is 7.07. The van der Waals surface area contributed by atoms with Gasteiger partial charge in [0, 0.05) is 32.2 Å². The summed E-state index contributed by atoms with van der Waals surface area (Å²) in [6.07, 6.45) is 5.10. The van der Waals surface area contributed by atoms with E-state index < -0.39 is 0 Å². The third kappa shape index (κ3) is 3.96. The number of piperidine rings is 1. The van der Waals surface area contributed by atoms with Crippen molar-refractivity contribution in [3.63, 3.8) is 0 Å². The molecule has 3 aliphatic rings. The summed E-state index contributed by atoms with van der Waals surface area (Å²) in [7, 11) is 2.21. The van der Waals surface area contributed by atoms with Crippen molar-refractivity contribution in [1.82, 2.24) is 19.6 Å². The van der Waals surface area contributed by atoms with E-state index >= 15 is 0 Å². The maximum atomic E-state index is 12.3. The van der Waals surface area contributed by atoms with Crippen molar-refractivity contribution in [2.75, 3.05) is 66.0 Å². The van der Waals surface area contributed by atoms with Crippen LogP contribution >= 0.6 is 0 Å². The summed E-state index contributed by atoms with van der Waals surface area (Å²) in [6.45, 7) is 9.31. The molecule has 3 aliphatic heterocycles. The first-order chi connectivity index (χ1) is 10.2. The Kier molecular flexibility index (Phi) is 5.14. The standard InChI is InChI=1S/C16H30N4O/c1-17-8-4-15(5-9-17)19-10-12-20(13-11-19)16(21)14-18-6-2-3-7-18/h15H,2-14H2,1H3. The molecule has 0 unspecified atom stereocenters. The van der Waals surface area contributed by atoms with Crippen LogP contribution < -0.4 is 0 Å². The fourth-order valence-electron chi connectivity index (χ4n) is 3.93. The maximum Gasteiger partial charge on any atom is 0.236 e. The normalized spacial score (nSPS) is 27.4. The van der Waals surface area contributed by atoms with Gasteiger partial charge in [0.05, 0.1) is 6.54 Å². The minimum Gasteiger partial charge on any atom is -0.339 e. The highest BCUT2D eigenvalue weighted by atomic mass is 16.2. The first-order valence-corrected chi connectivity index (χ1v) is 8.65. The van der Waals surface area contributed by atoms with Crippen molar-refractivity contribution in [3.8, 4) is 0 Å². The molecule has 0 aromatic heterocycles. The summed E-state index contributed by atoms with van der Waals surface area (Å²) in [5, 5.41) is 0. The Bertz CT molecular complexity index is 340. The third-order valence-electron chi connectivity index (χ3n) is 5.43. The molecule has 3 heterocycles. The zero-order valence-electron chi connectivity index (χ0n) is 13.5. The maximum absolute atomic E-state index is 12.3. The second-order valence-corrected chi connectivity index (χ2v) is 6.93. The summed E-state index contributed by atoms with van der Waals surface area (Å²) in [4.78, 5) is 21.8. The van der Waals surface area contributed by atoms with Gasteiger partial charge in [0.2, 0.25) is 5.91 Å². The van der Waals surface area contributed by atoms with Crippen LogP contribution in [-0.2, 0) is 4.79 Å². The zero-order valence-corrected chi connectivity index (χ0v) is 13.5. The van der Waals surface area contributed by atoms with Crippen LogP contribution in [0.5, 0.6) is 0 Å². The lowest BCUT2D eigenvalue weighted by Crippen LogP contribution is -2.55. The van der Waals surface area contributed by atoms with Crippen LogP contribution in [0.4, 0.5) is 0 Å². The quantitative estimate of drug-likeness (QED) is 0.750. The number of nitrogens with zero attached hydrogens (tertiary/aromatic N) is 4. The predicted molar refractivity (Wildman–Crippen MR) is 84.3 cm³/mol. The lowest BCUT2D eigenvalue weighted by molar-refractivity contribution is -0.134. The summed E-state index contributed by atoms with van der Waals surface area (Å²) in [6, 6.07) is 0.747. The van der Waals surface area contributed by atoms with Gasteiger partial charge in [-0.3, -0.25) is 14.6 Å². The molecule has 0 aromatic carbocycles. The SMILES string of the molecule is CN1CCC(N2CCN(C(=O)CN3CCCC3)CC2)CC1. The Morgan fingerprint density at radius 2 is 1.52 bits per heavy atom. The van der Waals surface area contributed by atoms with Crippen LogP contribution in [0.1, 0.15) is 25.7 Å². The highest BCUT2D eigenvalue weighted by Gasteiger charge is 2.28. The van der Waals surface area contributed by atoms with Crippen LogP contribution in [0.25, 0.3) is 0 Å². The van der Waals surface area contributed by atoms with Crippen LogP contribution in [0, 0.1) is 0 Å². The molecule has 0 aromatic rings. The Balaban J connectivity index is 1.41. The topological polar surface area (TPSA) is 30.0 Å². The molecule has 5 heteroatoms. The number of hydrogen-bond donors (Lipinski definition) is 0. The molecule has 120 valence electrons. The van der Waals surface area contributed by atoms with Crippen molar-refractivity contribution in [2.24, 2.45) is 0 Å². The molecule has 3 rings (SSSR count). The smallest absolute Gasteiger partial charge is 0.236 e. The highest BCUT2D eigenvalue weighted by molar-refractivity contribution is 5.78. The van der Waals surface area contributed by atoms with Crippen LogP contribution in [0.2, 0.25) is 0 Å². The number of carbonyl (C=O) groups is 1. The van der Waals surface area contributed by atoms with Crippen LogP contribution in [-0.4, -0.2) is 97.5 Å². The van der Waals surface area contributed by atoms with Gasteiger partial charge in [0.1, 0.15) is 0 Å². The van der Waals surface area contributed by atoms with Gasteiger partial charge in [-0.2, -0.15) is 0 Å². The molecule has 0 spiro atoms. The van der Waals surface area contributed by atoms with E-state index in [0.717, 1.165) is 45.3 Å². The van der Waals surface area contributed by atoms with Crippen molar-refractivity contribution in [3.05, 3.63) is 0 Å². The molecule has 0 atom stereocenters. The van der Waals surface area contributed by atoms with Gasteiger partial charge < -0.3 is 9.80 Å². The van der Waals surface area contributed by atoms with E-state index in [1.54, 1.807) is 0 Å². The van der Waals surface area contributed by atoms with Crippen molar-refractivity contribution < 1.29 is 4.79 Å². The zero-order chi connectivity index (χ0) is 14.7. The Labute approximate surface area is 128 Å². The molecule has 0 bridgehead atoms. The average Bonchev–Trinajstić information content (AvgIpc) is 3.01. The summed E-state index contributed by atoms with van der Waals surface area (Å²) in [5.41, 5.74) is 0. The Morgan fingerprint density at radius 1 is 0.905 bits per heavy atom. The Morgan fingerprint density at radius 3 is 2.14 bits per heavy atom. The van der Waals surface area contributed by atoms with Gasteiger partial charge in [0.25, 0.3) is 0 Å². The molecule has 3 saturated heterocycles. The minimum absolute atomic E-state index is 0.347. The number of likely N-dealkylation sites (tertiary alicyclic amines) is 2. The van der Waals surface area contributed by atoms with E-state index in [4.69, 9.17) is 0 Å². The van der Waals surface area contributed by atoms with Gasteiger partial charge in [-0.05, 0) is 58.9 Å². The van der Waals surface area contributed by atoms with E-state index in [0.29, 0.717) is 12.5 Å². The molecule has 1 amide bonds. The first kappa shape index (κ1) is 15.3. The van der Waals surface area contributed by atoms with Crippen LogP contribution in [0.15, 0.2) is 0 Å². The molecule has 0 radical (unpaired) electrons. The molecule has 0 saturated carbocycles. The summed E-state index contributed by atoms with van der Waals surface area (Å²) in [5.74, 6) is 0.347. The van der Waals surface area contributed by atoms with Crippen LogP contribution in [0.3, 0.4) is 0 Å². The lowest BCUT2D eigenvalue weighted by atomic mass is 10.0. The fraction of sp³-hybridized carbons (Fsp3) is 0.938. The van der Waals surface area contributed by atoms with Gasteiger partial charge in [-0.15, -0.1) is 0 Å². The van der Waals surface area contributed by atoms with Crippen molar-refractivity contribution in [2.45, 2.75) is 31.7 Å². The number of hydrogen-bond acceptors (Lipinski definition) is 4. The van der Waals surface area contributed by atoms with Gasteiger partial charge >= 0.3 is 0 Å². The fourth-order valence-corrected chi connectivity index (χ4v) is 3.93. The lowest BCUT2D eigenvalue weighted by Gasteiger charge is -2.42. The predicted octanol–water partition coefficient (Wildman–Crippen LogP) is 0.321. The minimum atomic E-state index is 0.347. The molecular weight excluding hydrogens is 264 g/mol. The largest absolute Gasteiger partial charge is 0.339 e. The van der Waals surface area contributed by atoms with E-state index in [2.05, 4.69) is 26.6 Å². The molecule has 5 nitrogen and oxygen atoms in total. The monoisotopic (exact) mass is 294 g/mol. The van der Waals surface area contributed by atoms with Gasteiger partial charge in [-0.1, -0.05) is 0 Å². The molecule has 0 N–H and O–H groups in total. The van der Waals surface area contributed by atoms with Gasteiger partial charge in [0.15, 0.2) is 0 Å². The molecule has 0 aliphatic carbocycles. The summed E-state index contributed by atoms with van der Waals surface area (Å²) >= 11 is 0. The highest BCUT2D eigenvalue weighted by Crippen LogP contribution is 2.17. The van der Waals surface area contributed by atoms with E-state index in [-0.39, 0.29) is 0 Å². The first-order valence-electron chi connectivity index (χ1n) is 8.65. The molecule has 3 fully saturated rings. The number of carbonyl (C=O) groups excluding carboxylic acids is 1. The molecule has 21 heavy (non-hydrogen) atoms. The van der Waals surface area contributed by atoms with Crippen molar-refractivity contribution >= 4 is 5.91 Å². The summed E-state index contributed by atoms with van der Waals surface area (Å²) < 4.78 is 0. The van der Waals surface area contributed by atoms with E-state index in [9.17, 15) is 4.79 Å². The van der Waals surface area contributed by atoms with Crippen molar-refractivity contribution in [1.29, 1.82) is 0 Å². The van der Waals surface area contributed by atoms with E-state index in [1.165, 1.54) is 38.8 Å². The van der Waals surface area contributed by atoms with Gasteiger partial charge in [-0.25, -0.2) is 0 Å². The second-order valence-electron chi connectivity index (χ2n) is 6.93. The number of piperazine rings is 1. The number of amides is 1. The number of rotatable bonds is 3. The Hall–Kier alpha value is -0.650. The molecular formula is C16H30N4O. The average molecular weight is 294 g/mol. The third-order valence-corrected chi connectivity index (χ3v) is 5.43. The van der Waals surface area contributed by atoms with E-state index in [1.807, 2.05) is 0 Å².